The number of alkyl halides is 2. The average Bonchev–Trinajstić information content (AvgIpc) is 2.45. The number of ether oxygens (including phenoxy) is 1. The van der Waals surface area contributed by atoms with Crippen molar-refractivity contribution in [3.05, 3.63) is 34.2 Å². The maximum Gasteiger partial charge on any atom is 0.329 e. The van der Waals surface area contributed by atoms with Crippen LogP contribution < -0.4 is 5.56 Å². The molecule has 1 aromatic rings. The van der Waals surface area contributed by atoms with E-state index in [2.05, 4.69) is 0 Å². The molecular weight excluding hydrogens is 306 g/mol. The standard InChI is InChI=1S/C16H22F2N2O3/c1-3-5-13(15(22)23-4-2)20-9-12(6-7-14(20)21)8-19-10-16(17,18)11-19/h6-7,9,13H,3-5,8,10-11H2,1-2H3. The highest BCUT2D eigenvalue weighted by atomic mass is 19.3. The number of pyridine rings is 1. The van der Waals surface area contributed by atoms with Crippen LogP contribution in [-0.4, -0.2) is 41.1 Å². The van der Waals surface area contributed by atoms with Crippen molar-refractivity contribution in [3.63, 3.8) is 0 Å². The summed E-state index contributed by atoms with van der Waals surface area (Å²) in [5, 5.41) is 0. The third-order valence-electron chi connectivity index (χ3n) is 3.77. The topological polar surface area (TPSA) is 51.5 Å². The maximum atomic E-state index is 12.9. The molecule has 5 nitrogen and oxygen atoms in total. The van der Waals surface area contributed by atoms with Gasteiger partial charge in [0.25, 0.3) is 11.5 Å². The molecule has 1 aliphatic rings. The van der Waals surface area contributed by atoms with Crippen LogP contribution in [0.15, 0.2) is 23.1 Å². The van der Waals surface area contributed by atoms with Crippen LogP contribution in [0.3, 0.4) is 0 Å². The highest BCUT2D eigenvalue weighted by Crippen LogP contribution is 2.28. The Morgan fingerprint density at radius 1 is 1.35 bits per heavy atom. The summed E-state index contributed by atoms with van der Waals surface area (Å²) >= 11 is 0. The quantitative estimate of drug-likeness (QED) is 0.720. The van der Waals surface area contributed by atoms with Crippen LogP contribution >= 0.6 is 0 Å². The van der Waals surface area contributed by atoms with E-state index in [1.807, 2.05) is 6.92 Å². The van der Waals surface area contributed by atoms with Crippen molar-refractivity contribution in [1.82, 2.24) is 9.47 Å². The van der Waals surface area contributed by atoms with E-state index in [9.17, 15) is 18.4 Å². The van der Waals surface area contributed by atoms with Gasteiger partial charge in [-0.3, -0.25) is 9.69 Å². The number of carbonyl (C=O) groups is 1. The zero-order valence-corrected chi connectivity index (χ0v) is 13.4. The van der Waals surface area contributed by atoms with Crippen LogP contribution in [0.1, 0.15) is 38.3 Å². The smallest absolute Gasteiger partial charge is 0.329 e. The molecular formula is C16H22F2N2O3. The van der Waals surface area contributed by atoms with E-state index in [1.165, 1.54) is 10.6 Å². The van der Waals surface area contributed by atoms with Crippen LogP contribution in [-0.2, 0) is 16.1 Å². The largest absolute Gasteiger partial charge is 0.464 e. The molecule has 1 aromatic heterocycles. The first-order valence-electron chi connectivity index (χ1n) is 7.84. The van der Waals surface area contributed by atoms with Gasteiger partial charge in [0.15, 0.2) is 0 Å². The molecule has 1 unspecified atom stereocenters. The highest BCUT2D eigenvalue weighted by molar-refractivity contribution is 5.74. The number of likely N-dealkylation sites (tertiary alicyclic amines) is 1. The van der Waals surface area contributed by atoms with Gasteiger partial charge in [0.05, 0.1) is 19.7 Å². The minimum absolute atomic E-state index is 0.246. The third kappa shape index (κ3) is 4.37. The van der Waals surface area contributed by atoms with Crippen LogP contribution in [0.2, 0.25) is 0 Å². The highest BCUT2D eigenvalue weighted by Gasteiger charge is 2.43. The molecule has 7 heteroatoms. The molecule has 0 spiro atoms. The van der Waals surface area contributed by atoms with Gasteiger partial charge in [-0.1, -0.05) is 19.4 Å². The first kappa shape index (κ1) is 17.6. The molecule has 1 aliphatic heterocycles. The lowest BCUT2D eigenvalue weighted by Gasteiger charge is -2.38. The second-order valence-electron chi connectivity index (χ2n) is 5.84. The molecule has 1 atom stereocenters. The molecule has 23 heavy (non-hydrogen) atoms. The number of hydrogen-bond acceptors (Lipinski definition) is 4. The van der Waals surface area contributed by atoms with Gasteiger partial charge >= 0.3 is 5.97 Å². The Labute approximate surface area is 133 Å². The molecule has 2 heterocycles. The summed E-state index contributed by atoms with van der Waals surface area (Å²) in [7, 11) is 0. The van der Waals surface area contributed by atoms with Crippen molar-refractivity contribution in [3.8, 4) is 0 Å². The minimum atomic E-state index is -2.62. The van der Waals surface area contributed by atoms with Gasteiger partial charge < -0.3 is 9.30 Å². The van der Waals surface area contributed by atoms with Gasteiger partial charge in [-0.05, 0) is 18.9 Å². The summed E-state index contributed by atoms with van der Waals surface area (Å²) in [5.41, 5.74) is 0.430. The van der Waals surface area contributed by atoms with Crippen LogP contribution in [0, 0.1) is 0 Å². The number of hydrogen-bond donors (Lipinski definition) is 0. The summed E-state index contributed by atoms with van der Waals surface area (Å²) in [5.74, 6) is -3.06. The molecule has 1 fully saturated rings. The Kier molecular flexibility index (Phi) is 5.51. The molecule has 0 aliphatic carbocycles. The van der Waals surface area contributed by atoms with Crippen molar-refractivity contribution >= 4 is 5.97 Å². The summed E-state index contributed by atoms with van der Waals surface area (Å²) in [4.78, 5) is 25.8. The molecule has 2 rings (SSSR count). The van der Waals surface area contributed by atoms with E-state index < -0.39 is 17.9 Å². The van der Waals surface area contributed by atoms with Crippen molar-refractivity contribution in [2.24, 2.45) is 0 Å². The fraction of sp³-hybridized carbons (Fsp3) is 0.625. The maximum absolute atomic E-state index is 12.9. The number of carbonyl (C=O) groups excluding carboxylic acids is 1. The van der Waals surface area contributed by atoms with Crippen molar-refractivity contribution in [2.75, 3.05) is 19.7 Å². The van der Waals surface area contributed by atoms with Crippen LogP contribution in [0.4, 0.5) is 8.78 Å². The van der Waals surface area contributed by atoms with Crippen molar-refractivity contribution < 1.29 is 18.3 Å². The first-order chi connectivity index (χ1) is 10.9. The Bertz CT molecular complexity index is 608. The van der Waals surface area contributed by atoms with Crippen LogP contribution in [0.5, 0.6) is 0 Å². The number of aromatic nitrogens is 1. The van der Waals surface area contributed by atoms with Gasteiger partial charge in [0.2, 0.25) is 0 Å². The Balaban J connectivity index is 2.17. The second kappa shape index (κ2) is 7.21. The molecule has 0 radical (unpaired) electrons. The molecule has 1 saturated heterocycles. The fourth-order valence-corrected chi connectivity index (χ4v) is 2.75. The predicted octanol–water partition coefficient (Wildman–Crippen LogP) is 2.20. The molecule has 0 saturated carbocycles. The zero-order valence-electron chi connectivity index (χ0n) is 13.4. The molecule has 0 bridgehead atoms. The monoisotopic (exact) mass is 328 g/mol. The van der Waals surface area contributed by atoms with Gasteiger partial charge in [0.1, 0.15) is 6.04 Å². The van der Waals surface area contributed by atoms with Gasteiger partial charge in [-0.2, -0.15) is 0 Å². The number of nitrogens with zero attached hydrogens (tertiary/aromatic N) is 2. The van der Waals surface area contributed by atoms with Crippen LogP contribution in [0.25, 0.3) is 0 Å². The summed E-state index contributed by atoms with van der Waals surface area (Å²) < 4.78 is 32.2. The normalized spacial score (nSPS) is 18.3. The predicted molar refractivity (Wildman–Crippen MR) is 81.5 cm³/mol. The molecule has 0 N–H and O–H groups in total. The number of esters is 1. The Morgan fingerprint density at radius 3 is 2.61 bits per heavy atom. The lowest BCUT2D eigenvalue weighted by atomic mass is 10.1. The average molecular weight is 328 g/mol. The zero-order chi connectivity index (χ0) is 17.0. The summed E-state index contributed by atoms with van der Waals surface area (Å²) in [6.07, 6.45) is 2.79. The minimum Gasteiger partial charge on any atom is -0.464 e. The van der Waals surface area contributed by atoms with Crippen molar-refractivity contribution in [1.29, 1.82) is 0 Å². The van der Waals surface area contributed by atoms with E-state index in [-0.39, 0.29) is 25.3 Å². The second-order valence-corrected chi connectivity index (χ2v) is 5.84. The van der Waals surface area contributed by atoms with E-state index >= 15 is 0 Å². The molecule has 0 amide bonds. The summed E-state index contributed by atoms with van der Waals surface area (Å²) in [6, 6.07) is 2.31. The summed E-state index contributed by atoms with van der Waals surface area (Å²) in [6.45, 7) is 3.66. The SMILES string of the molecule is CCCC(C(=O)OCC)n1cc(CN2CC(F)(F)C2)ccc1=O. The van der Waals surface area contributed by atoms with Gasteiger partial charge in [-0.25, -0.2) is 13.6 Å². The molecule has 0 aromatic carbocycles. The Morgan fingerprint density at radius 2 is 2.04 bits per heavy atom. The molecule has 128 valence electrons. The van der Waals surface area contributed by atoms with E-state index in [0.717, 1.165) is 12.0 Å². The van der Waals surface area contributed by atoms with E-state index in [0.29, 0.717) is 13.0 Å². The fourth-order valence-electron chi connectivity index (χ4n) is 2.75. The Hall–Kier alpha value is -1.76. The lowest BCUT2D eigenvalue weighted by molar-refractivity contribution is -0.147. The number of halogens is 2. The van der Waals surface area contributed by atoms with Crippen molar-refractivity contribution in [2.45, 2.75) is 45.2 Å². The van der Waals surface area contributed by atoms with E-state index in [4.69, 9.17) is 4.74 Å². The van der Waals surface area contributed by atoms with Gasteiger partial charge in [-0.15, -0.1) is 0 Å². The van der Waals surface area contributed by atoms with E-state index in [1.54, 1.807) is 24.1 Å². The number of rotatable bonds is 7. The lowest BCUT2D eigenvalue weighted by Crippen LogP contribution is -2.55. The third-order valence-corrected chi connectivity index (χ3v) is 3.77. The first-order valence-corrected chi connectivity index (χ1v) is 7.84. The van der Waals surface area contributed by atoms with Gasteiger partial charge in [0, 0.05) is 18.8 Å².